The highest BCUT2D eigenvalue weighted by Gasteiger charge is 2.13. The minimum absolute atomic E-state index is 1.06. The van der Waals surface area contributed by atoms with Crippen molar-refractivity contribution in [2.45, 2.75) is 0 Å². The second kappa shape index (κ2) is 8.21. The number of nitrogens with zero attached hydrogens (tertiary/aromatic N) is 2. The number of aromatic nitrogens is 2. The number of benzene rings is 6. The first-order valence-electron chi connectivity index (χ1n) is 12.3. The maximum absolute atomic E-state index is 4.75. The van der Waals surface area contributed by atoms with E-state index in [1.165, 1.54) is 60.4 Å². The largest absolute Gasteiger partial charge is 0.333 e. The van der Waals surface area contributed by atoms with Crippen LogP contribution in [0.4, 0.5) is 0 Å². The standard InChI is InChI=1S/C34H24N2/c1-36-22-35-33-31-16-6-5-15-29(31)30-18-17-28(21-32(30)34(33)36)27-14-8-13-26(20-27)25-12-7-11-24(19-25)23-9-3-2-4-10-23/h2-22H,1H3. The Morgan fingerprint density at radius 2 is 0.972 bits per heavy atom. The van der Waals surface area contributed by atoms with Gasteiger partial charge in [-0.15, -0.1) is 0 Å². The second-order valence-corrected chi connectivity index (χ2v) is 9.39. The van der Waals surface area contributed by atoms with Gasteiger partial charge in [-0.05, 0) is 62.4 Å². The van der Waals surface area contributed by atoms with Gasteiger partial charge < -0.3 is 4.57 Å². The molecule has 1 aromatic heterocycles. The van der Waals surface area contributed by atoms with Crippen LogP contribution in [0.5, 0.6) is 0 Å². The second-order valence-electron chi connectivity index (χ2n) is 9.39. The molecule has 2 nitrogen and oxygen atoms in total. The van der Waals surface area contributed by atoms with Gasteiger partial charge in [0.25, 0.3) is 0 Å². The molecule has 7 aromatic rings. The van der Waals surface area contributed by atoms with Crippen LogP contribution in [0.25, 0.3) is 66.0 Å². The SMILES string of the molecule is Cn1cnc2c3ccccc3c3ccc(-c4cccc(-c5cccc(-c6ccccc6)c5)c4)cc3c21. The van der Waals surface area contributed by atoms with Gasteiger partial charge in [-0.1, -0.05) is 103 Å². The Kier molecular flexibility index (Phi) is 4.71. The van der Waals surface area contributed by atoms with Crippen molar-refractivity contribution in [1.82, 2.24) is 9.55 Å². The Morgan fingerprint density at radius 1 is 0.444 bits per heavy atom. The van der Waals surface area contributed by atoms with Gasteiger partial charge in [-0.3, -0.25) is 0 Å². The Morgan fingerprint density at radius 3 is 1.67 bits per heavy atom. The molecule has 0 atom stereocenters. The van der Waals surface area contributed by atoms with E-state index in [9.17, 15) is 0 Å². The maximum atomic E-state index is 4.75. The van der Waals surface area contributed by atoms with Crippen molar-refractivity contribution in [3.8, 4) is 33.4 Å². The van der Waals surface area contributed by atoms with Crippen molar-refractivity contribution in [2.24, 2.45) is 7.05 Å². The van der Waals surface area contributed by atoms with Crippen molar-refractivity contribution in [2.75, 3.05) is 0 Å². The zero-order chi connectivity index (χ0) is 24.1. The molecule has 0 amide bonds. The van der Waals surface area contributed by atoms with Crippen LogP contribution in [0.2, 0.25) is 0 Å². The lowest BCUT2D eigenvalue weighted by molar-refractivity contribution is 0.951. The molecule has 0 aliphatic carbocycles. The van der Waals surface area contributed by atoms with E-state index in [0.29, 0.717) is 0 Å². The van der Waals surface area contributed by atoms with Gasteiger partial charge in [-0.2, -0.15) is 0 Å². The molecule has 0 saturated carbocycles. The van der Waals surface area contributed by atoms with E-state index in [-0.39, 0.29) is 0 Å². The number of hydrogen-bond donors (Lipinski definition) is 0. The van der Waals surface area contributed by atoms with Crippen LogP contribution in [0.1, 0.15) is 0 Å². The van der Waals surface area contributed by atoms with Crippen molar-refractivity contribution < 1.29 is 0 Å². The van der Waals surface area contributed by atoms with Crippen LogP contribution in [0, 0.1) is 0 Å². The maximum Gasteiger partial charge on any atom is 0.0969 e. The summed E-state index contributed by atoms with van der Waals surface area (Å²) < 4.78 is 2.14. The summed E-state index contributed by atoms with van der Waals surface area (Å²) in [7, 11) is 2.08. The van der Waals surface area contributed by atoms with Crippen molar-refractivity contribution >= 4 is 32.6 Å². The average molecular weight is 461 g/mol. The third-order valence-electron chi connectivity index (χ3n) is 7.18. The van der Waals surface area contributed by atoms with E-state index >= 15 is 0 Å². The number of imidazole rings is 1. The summed E-state index contributed by atoms with van der Waals surface area (Å²) in [6.45, 7) is 0. The first-order valence-corrected chi connectivity index (χ1v) is 12.3. The first-order chi connectivity index (χ1) is 17.8. The summed E-state index contributed by atoms with van der Waals surface area (Å²) in [5.74, 6) is 0. The van der Waals surface area contributed by atoms with Gasteiger partial charge in [-0.25, -0.2) is 4.98 Å². The van der Waals surface area contributed by atoms with Crippen LogP contribution in [0.15, 0.2) is 128 Å². The van der Waals surface area contributed by atoms with E-state index in [2.05, 4.69) is 133 Å². The quantitative estimate of drug-likeness (QED) is 0.241. The van der Waals surface area contributed by atoms with E-state index in [4.69, 9.17) is 4.98 Å². The molecule has 0 bridgehead atoms. The molecule has 170 valence electrons. The minimum Gasteiger partial charge on any atom is -0.333 e. The number of rotatable bonds is 3. The van der Waals surface area contributed by atoms with Crippen molar-refractivity contribution in [3.63, 3.8) is 0 Å². The summed E-state index contributed by atoms with van der Waals surface area (Å²) in [6.07, 6.45) is 1.92. The smallest absolute Gasteiger partial charge is 0.0969 e. The topological polar surface area (TPSA) is 17.8 Å². The summed E-state index contributed by atoms with van der Waals surface area (Å²) >= 11 is 0. The molecular weight excluding hydrogens is 436 g/mol. The molecule has 0 N–H and O–H groups in total. The Balaban J connectivity index is 1.38. The third-order valence-corrected chi connectivity index (χ3v) is 7.18. The van der Waals surface area contributed by atoms with Gasteiger partial charge in [0.2, 0.25) is 0 Å². The van der Waals surface area contributed by atoms with Crippen LogP contribution in [-0.2, 0) is 7.05 Å². The Bertz CT molecular complexity index is 1890. The highest BCUT2D eigenvalue weighted by atomic mass is 15.0. The Labute approximate surface area is 210 Å². The van der Waals surface area contributed by atoms with Crippen LogP contribution in [0.3, 0.4) is 0 Å². The average Bonchev–Trinajstić information content (AvgIpc) is 3.35. The van der Waals surface area contributed by atoms with Crippen molar-refractivity contribution in [1.29, 1.82) is 0 Å². The van der Waals surface area contributed by atoms with E-state index in [0.717, 1.165) is 5.52 Å². The molecule has 0 radical (unpaired) electrons. The molecule has 0 spiro atoms. The Hall–Kier alpha value is -4.69. The monoisotopic (exact) mass is 460 g/mol. The molecule has 1 heterocycles. The molecule has 0 fully saturated rings. The lowest BCUT2D eigenvalue weighted by atomic mass is 9.94. The fourth-order valence-electron chi connectivity index (χ4n) is 5.41. The number of hydrogen-bond acceptors (Lipinski definition) is 1. The van der Waals surface area contributed by atoms with Gasteiger partial charge in [0.1, 0.15) is 0 Å². The van der Waals surface area contributed by atoms with Gasteiger partial charge in [0.05, 0.1) is 17.4 Å². The van der Waals surface area contributed by atoms with Crippen molar-refractivity contribution in [3.05, 3.63) is 128 Å². The molecule has 0 aliphatic heterocycles. The summed E-state index contributed by atoms with van der Waals surface area (Å²) in [6, 6.07) is 43.6. The summed E-state index contributed by atoms with van der Waals surface area (Å²) in [5.41, 5.74) is 9.56. The van der Waals surface area contributed by atoms with Crippen LogP contribution in [-0.4, -0.2) is 9.55 Å². The number of aryl methyl sites for hydroxylation is 1. The first kappa shape index (κ1) is 20.7. The normalized spacial score (nSPS) is 11.5. The highest BCUT2D eigenvalue weighted by Crippen LogP contribution is 2.37. The fraction of sp³-hybridized carbons (Fsp3) is 0.0294. The van der Waals surface area contributed by atoms with Crippen LogP contribution >= 0.6 is 0 Å². The molecule has 7 rings (SSSR count). The van der Waals surface area contributed by atoms with E-state index in [1.54, 1.807) is 0 Å². The fourth-order valence-corrected chi connectivity index (χ4v) is 5.41. The zero-order valence-electron chi connectivity index (χ0n) is 20.0. The lowest BCUT2D eigenvalue weighted by Crippen LogP contribution is -1.89. The molecule has 36 heavy (non-hydrogen) atoms. The molecular formula is C34H24N2. The molecule has 0 aliphatic rings. The summed E-state index contributed by atoms with van der Waals surface area (Å²) in [4.78, 5) is 4.75. The summed E-state index contributed by atoms with van der Waals surface area (Å²) in [5, 5.41) is 4.94. The highest BCUT2D eigenvalue weighted by molar-refractivity contribution is 6.23. The zero-order valence-corrected chi connectivity index (χ0v) is 20.0. The molecule has 6 aromatic carbocycles. The third kappa shape index (κ3) is 3.30. The number of fused-ring (bicyclic) bond motifs is 6. The lowest BCUT2D eigenvalue weighted by Gasteiger charge is -2.11. The van der Waals surface area contributed by atoms with E-state index < -0.39 is 0 Å². The van der Waals surface area contributed by atoms with Gasteiger partial charge in [0, 0.05) is 17.8 Å². The molecule has 2 heteroatoms. The van der Waals surface area contributed by atoms with E-state index in [1.807, 2.05) is 6.33 Å². The van der Waals surface area contributed by atoms with Crippen LogP contribution < -0.4 is 0 Å². The molecule has 0 unspecified atom stereocenters. The minimum atomic E-state index is 1.06. The predicted octanol–water partition coefficient (Wildman–Crippen LogP) is 8.88. The predicted molar refractivity (Wildman–Crippen MR) is 152 cm³/mol. The van der Waals surface area contributed by atoms with Gasteiger partial charge >= 0.3 is 0 Å². The van der Waals surface area contributed by atoms with Gasteiger partial charge in [0.15, 0.2) is 0 Å². The molecule has 0 saturated heterocycles.